The minimum atomic E-state index is 0.0132. The molecule has 0 aliphatic heterocycles. The number of aryl methyl sites for hydroxylation is 2. The molecule has 0 bridgehead atoms. The quantitative estimate of drug-likeness (QED) is 0.724. The van der Waals surface area contributed by atoms with Gasteiger partial charge in [-0.05, 0) is 43.7 Å². The van der Waals surface area contributed by atoms with Crippen molar-refractivity contribution in [3.05, 3.63) is 35.2 Å². The van der Waals surface area contributed by atoms with Crippen LogP contribution in [-0.2, 0) is 24.2 Å². The van der Waals surface area contributed by atoms with Gasteiger partial charge < -0.3 is 9.88 Å². The maximum Gasteiger partial charge on any atom is 0.234 e. The molecule has 1 aliphatic carbocycles. The first-order chi connectivity index (χ1) is 12.2. The number of thioether (sulfide) groups is 1. The average Bonchev–Trinajstić information content (AvgIpc) is 3.39. The van der Waals surface area contributed by atoms with Gasteiger partial charge in [-0.15, -0.1) is 10.2 Å². The van der Waals surface area contributed by atoms with Gasteiger partial charge in [-0.1, -0.05) is 43.8 Å². The van der Waals surface area contributed by atoms with Gasteiger partial charge in [0.1, 0.15) is 5.82 Å². The Labute approximate surface area is 153 Å². The molecule has 6 heteroatoms. The lowest BCUT2D eigenvalue weighted by molar-refractivity contribution is -0.113. The van der Waals surface area contributed by atoms with E-state index >= 15 is 0 Å². The summed E-state index contributed by atoms with van der Waals surface area (Å²) < 4.78 is 2.15. The van der Waals surface area contributed by atoms with Gasteiger partial charge in [-0.2, -0.15) is 0 Å². The molecule has 0 spiro atoms. The highest BCUT2D eigenvalue weighted by atomic mass is 32.2. The second-order valence-corrected chi connectivity index (χ2v) is 7.30. The monoisotopic (exact) mass is 358 g/mol. The van der Waals surface area contributed by atoms with E-state index in [1.165, 1.54) is 35.7 Å². The molecule has 5 nitrogen and oxygen atoms in total. The molecule has 0 radical (unpaired) electrons. The third-order valence-corrected chi connectivity index (χ3v) is 5.57. The lowest BCUT2D eigenvalue weighted by Crippen LogP contribution is -2.17. The molecule has 1 heterocycles. The smallest absolute Gasteiger partial charge is 0.234 e. The van der Waals surface area contributed by atoms with Crippen molar-refractivity contribution in [1.29, 1.82) is 0 Å². The van der Waals surface area contributed by atoms with E-state index in [9.17, 15) is 4.79 Å². The molecule has 1 aromatic heterocycles. The van der Waals surface area contributed by atoms with Gasteiger partial charge in [-0.25, -0.2) is 0 Å². The molecule has 3 rings (SSSR count). The van der Waals surface area contributed by atoms with Crippen molar-refractivity contribution in [1.82, 2.24) is 14.8 Å². The number of hydrogen-bond donors (Lipinski definition) is 1. The third-order valence-electron chi connectivity index (χ3n) is 4.60. The lowest BCUT2D eigenvalue weighted by atomic mass is 10.0. The first-order valence-corrected chi connectivity index (χ1v) is 10.1. The summed E-state index contributed by atoms with van der Waals surface area (Å²) in [5.41, 5.74) is 3.35. The third kappa shape index (κ3) is 4.06. The summed E-state index contributed by atoms with van der Waals surface area (Å²) in [6.45, 7) is 7.18. The van der Waals surface area contributed by atoms with Crippen LogP contribution in [0.5, 0.6) is 0 Å². The van der Waals surface area contributed by atoms with E-state index in [1.807, 2.05) is 0 Å². The van der Waals surface area contributed by atoms with Crippen LogP contribution in [0.4, 0.5) is 5.69 Å². The Morgan fingerprint density at radius 2 is 1.88 bits per heavy atom. The van der Waals surface area contributed by atoms with Gasteiger partial charge in [-0.3, -0.25) is 4.79 Å². The highest BCUT2D eigenvalue weighted by Gasteiger charge is 2.30. The summed E-state index contributed by atoms with van der Waals surface area (Å²) >= 11 is 1.47. The maximum absolute atomic E-state index is 12.5. The molecule has 1 aromatic carbocycles. The van der Waals surface area contributed by atoms with E-state index in [4.69, 9.17) is 0 Å². The van der Waals surface area contributed by atoms with Crippen LogP contribution in [0, 0.1) is 0 Å². The van der Waals surface area contributed by atoms with E-state index in [0.717, 1.165) is 36.1 Å². The number of amides is 1. The van der Waals surface area contributed by atoms with E-state index in [-0.39, 0.29) is 5.91 Å². The summed E-state index contributed by atoms with van der Waals surface area (Å²) in [6.07, 6.45) is 4.23. The molecule has 2 aromatic rings. The van der Waals surface area contributed by atoms with Crippen LogP contribution in [0.2, 0.25) is 0 Å². The molecule has 1 amide bonds. The fourth-order valence-corrected chi connectivity index (χ4v) is 3.87. The predicted octanol–water partition coefficient (Wildman–Crippen LogP) is 4.03. The van der Waals surface area contributed by atoms with E-state index in [0.29, 0.717) is 11.7 Å². The largest absolute Gasteiger partial charge is 0.325 e. The number of para-hydroxylation sites is 1. The van der Waals surface area contributed by atoms with Gasteiger partial charge in [0.05, 0.1) is 5.75 Å². The molecule has 25 heavy (non-hydrogen) atoms. The zero-order valence-electron chi connectivity index (χ0n) is 15.2. The summed E-state index contributed by atoms with van der Waals surface area (Å²) in [5, 5.41) is 12.6. The predicted molar refractivity (Wildman–Crippen MR) is 102 cm³/mol. The number of carbonyl (C=O) groups is 1. The van der Waals surface area contributed by atoms with Gasteiger partial charge in [0.25, 0.3) is 0 Å². The number of aromatic nitrogens is 3. The molecule has 1 N–H and O–H groups in total. The summed E-state index contributed by atoms with van der Waals surface area (Å²) in [6, 6.07) is 6.22. The second kappa shape index (κ2) is 8.04. The fourth-order valence-electron chi connectivity index (χ4n) is 3.06. The van der Waals surface area contributed by atoms with Gasteiger partial charge in [0.2, 0.25) is 5.91 Å². The topological polar surface area (TPSA) is 59.8 Å². The number of anilines is 1. The first-order valence-electron chi connectivity index (χ1n) is 9.14. The Morgan fingerprint density at radius 1 is 1.20 bits per heavy atom. The lowest BCUT2D eigenvalue weighted by Gasteiger charge is -2.14. The Morgan fingerprint density at radius 3 is 2.44 bits per heavy atom. The Bertz CT molecular complexity index is 730. The minimum absolute atomic E-state index is 0.0132. The Hall–Kier alpha value is -1.82. The molecule has 0 saturated heterocycles. The number of benzene rings is 1. The van der Waals surface area contributed by atoms with Crippen molar-refractivity contribution in [2.24, 2.45) is 0 Å². The van der Waals surface area contributed by atoms with Crippen molar-refractivity contribution >= 4 is 23.4 Å². The van der Waals surface area contributed by atoms with Crippen LogP contribution in [0.15, 0.2) is 23.4 Å². The van der Waals surface area contributed by atoms with Crippen LogP contribution in [0.3, 0.4) is 0 Å². The van der Waals surface area contributed by atoms with Crippen molar-refractivity contribution in [2.45, 2.75) is 64.1 Å². The van der Waals surface area contributed by atoms with E-state index < -0.39 is 0 Å². The van der Waals surface area contributed by atoms with Crippen LogP contribution >= 0.6 is 11.8 Å². The number of nitrogens with one attached hydrogen (secondary N) is 1. The van der Waals surface area contributed by atoms with E-state index in [1.54, 1.807) is 0 Å². The SMILES string of the molecule is CCc1cccc(CC)c1NC(=O)CSc1nnc(C2CC2)n1CC. The first kappa shape index (κ1) is 18.0. The number of hydrogen-bond acceptors (Lipinski definition) is 4. The molecule has 1 aliphatic rings. The average molecular weight is 359 g/mol. The minimum Gasteiger partial charge on any atom is -0.325 e. The van der Waals surface area contributed by atoms with Crippen molar-refractivity contribution in [2.75, 3.05) is 11.1 Å². The van der Waals surface area contributed by atoms with Gasteiger partial charge in [0.15, 0.2) is 5.16 Å². The summed E-state index contributed by atoms with van der Waals surface area (Å²) in [5.74, 6) is 2.01. The Balaban J connectivity index is 1.66. The molecular formula is C19H26N4OS. The maximum atomic E-state index is 12.5. The van der Waals surface area contributed by atoms with Crippen LogP contribution < -0.4 is 5.32 Å². The standard InChI is InChI=1S/C19H26N4OS/c1-4-13-8-7-9-14(5-2)17(13)20-16(24)12-25-19-22-21-18(15-10-11-15)23(19)6-3/h7-9,15H,4-6,10-12H2,1-3H3,(H,20,24). The zero-order valence-corrected chi connectivity index (χ0v) is 16.0. The molecule has 0 unspecified atom stereocenters. The molecular weight excluding hydrogens is 332 g/mol. The van der Waals surface area contributed by atoms with Crippen molar-refractivity contribution < 1.29 is 4.79 Å². The van der Waals surface area contributed by atoms with Gasteiger partial charge in [0, 0.05) is 18.2 Å². The highest BCUT2D eigenvalue weighted by molar-refractivity contribution is 7.99. The molecule has 1 saturated carbocycles. The number of nitrogens with zero attached hydrogens (tertiary/aromatic N) is 3. The summed E-state index contributed by atoms with van der Waals surface area (Å²) in [7, 11) is 0. The highest BCUT2D eigenvalue weighted by Crippen LogP contribution is 2.40. The molecule has 0 atom stereocenters. The van der Waals surface area contributed by atoms with Crippen molar-refractivity contribution in [3.63, 3.8) is 0 Å². The summed E-state index contributed by atoms with van der Waals surface area (Å²) in [4.78, 5) is 12.5. The normalized spacial score (nSPS) is 13.9. The van der Waals surface area contributed by atoms with Gasteiger partial charge >= 0.3 is 0 Å². The second-order valence-electron chi connectivity index (χ2n) is 6.35. The zero-order chi connectivity index (χ0) is 17.8. The number of carbonyl (C=O) groups excluding carboxylic acids is 1. The van der Waals surface area contributed by atoms with E-state index in [2.05, 4.69) is 59.1 Å². The van der Waals surface area contributed by atoms with Crippen LogP contribution in [-0.4, -0.2) is 26.4 Å². The molecule has 134 valence electrons. The fraction of sp³-hybridized carbons (Fsp3) is 0.526. The van der Waals surface area contributed by atoms with Crippen LogP contribution in [0.1, 0.15) is 56.5 Å². The van der Waals surface area contributed by atoms with Crippen LogP contribution in [0.25, 0.3) is 0 Å². The van der Waals surface area contributed by atoms with Crippen molar-refractivity contribution in [3.8, 4) is 0 Å². The Kier molecular flexibility index (Phi) is 5.78. The molecule has 1 fully saturated rings. The number of rotatable bonds is 8.